The number of carbonyl (C=O) groups is 1. The molecule has 0 aromatic carbocycles. The molecule has 2 aromatic rings. The maximum absolute atomic E-state index is 13.5. The van der Waals surface area contributed by atoms with Crippen molar-refractivity contribution >= 4 is 17.4 Å². The molecule has 1 amide bonds. The minimum atomic E-state index is 0.0214. The zero-order valence-electron chi connectivity index (χ0n) is 19.0. The molecule has 7 heteroatoms. The normalized spacial score (nSPS) is 28.8. The lowest BCUT2D eigenvalue weighted by molar-refractivity contribution is -0.141. The molecule has 5 rings (SSSR count). The summed E-state index contributed by atoms with van der Waals surface area (Å²) in [5.74, 6) is 4.43. The van der Waals surface area contributed by atoms with E-state index in [1.165, 1.54) is 0 Å². The lowest BCUT2D eigenvalue weighted by Gasteiger charge is -2.38. The summed E-state index contributed by atoms with van der Waals surface area (Å²) in [5, 5.41) is 4.87. The topological polar surface area (TPSA) is 79.8 Å². The maximum atomic E-state index is 13.5. The third-order valence-electron chi connectivity index (χ3n) is 7.53. The molecule has 2 aromatic heterocycles. The van der Waals surface area contributed by atoms with Crippen LogP contribution in [0.1, 0.15) is 68.7 Å². The molecule has 7 nitrogen and oxygen atoms in total. The second kappa shape index (κ2) is 8.74. The Kier molecular flexibility index (Phi) is 5.81. The van der Waals surface area contributed by atoms with E-state index in [-0.39, 0.29) is 29.8 Å². The van der Waals surface area contributed by atoms with Gasteiger partial charge >= 0.3 is 0 Å². The highest BCUT2D eigenvalue weighted by molar-refractivity contribution is 5.79. The van der Waals surface area contributed by atoms with Gasteiger partial charge in [-0.05, 0) is 51.9 Å². The van der Waals surface area contributed by atoms with Crippen molar-refractivity contribution in [3.63, 3.8) is 0 Å². The van der Waals surface area contributed by atoms with Gasteiger partial charge in [-0.15, -0.1) is 12.3 Å². The summed E-state index contributed by atoms with van der Waals surface area (Å²) in [5.41, 5.74) is 9.00. The second-order valence-electron chi connectivity index (χ2n) is 9.88. The summed E-state index contributed by atoms with van der Waals surface area (Å²) in [4.78, 5) is 22.8. The van der Waals surface area contributed by atoms with Crippen molar-refractivity contribution in [1.29, 1.82) is 0 Å². The monoisotopic (exact) mass is 434 g/mol. The van der Waals surface area contributed by atoms with E-state index in [9.17, 15) is 4.79 Å². The molecule has 1 saturated carbocycles. The molecule has 2 N–H and O–H groups in total. The molecule has 4 heterocycles. The SMILES string of the molecule is C#CC1CCCC(C(=O)N2CCCC[C@H]2c2cc3nc(N4CC[C@H](N)C4)c(C)cn3n2)C1. The van der Waals surface area contributed by atoms with Crippen LogP contribution in [0.2, 0.25) is 0 Å². The van der Waals surface area contributed by atoms with E-state index in [0.717, 1.165) is 93.7 Å². The third-order valence-corrected chi connectivity index (χ3v) is 7.53. The predicted molar refractivity (Wildman–Crippen MR) is 125 cm³/mol. The number of piperidine rings is 1. The minimum absolute atomic E-state index is 0.0214. The Morgan fingerprint density at radius 2 is 2.06 bits per heavy atom. The van der Waals surface area contributed by atoms with Crippen LogP contribution >= 0.6 is 0 Å². The number of aryl methyl sites for hydroxylation is 1. The largest absolute Gasteiger partial charge is 0.355 e. The first-order valence-electron chi connectivity index (χ1n) is 12.2. The Balaban J connectivity index is 1.41. The van der Waals surface area contributed by atoms with E-state index in [0.29, 0.717) is 0 Å². The average molecular weight is 435 g/mol. The van der Waals surface area contributed by atoms with E-state index in [1.54, 1.807) is 0 Å². The number of terminal acetylenes is 1. The first kappa shape index (κ1) is 21.3. The van der Waals surface area contributed by atoms with Crippen LogP contribution in [-0.4, -0.2) is 51.1 Å². The van der Waals surface area contributed by atoms with Crippen molar-refractivity contribution in [2.75, 3.05) is 24.5 Å². The van der Waals surface area contributed by atoms with Crippen LogP contribution < -0.4 is 10.6 Å². The number of anilines is 1. The fourth-order valence-electron chi connectivity index (χ4n) is 5.78. The smallest absolute Gasteiger partial charge is 0.226 e. The number of nitrogens with zero attached hydrogens (tertiary/aromatic N) is 5. The molecule has 1 aliphatic carbocycles. The van der Waals surface area contributed by atoms with Crippen LogP contribution in [0, 0.1) is 31.1 Å². The van der Waals surface area contributed by atoms with Gasteiger partial charge in [-0.2, -0.15) is 5.10 Å². The van der Waals surface area contributed by atoms with Crippen molar-refractivity contribution in [3.8, 4) is 12.3 Å². The Morgan fingerprint density at radius 1 is 1.19 bits per heavy atom. The maximum Gasteiger partial charge on any atom is 0.226 e. The average Bonchev–Trinajstić information content (AvgIpc) is 3.43. The highest BCUT2D eigenvalue weighted by Gasteiger charge is 2.36. The van der Waals surface area contributed by atoms with Gasteiger partial charge < -0.3 is 15.5 Å². The van der Waals surface area contributed by atoms with E-state index in [4.69, 9.17) is 22.2 Å². The van der Waals surface area contributed by atoms with Gasteiger partial charge in [0.2, 0.25) is 5.91 Å². The molecule has 32 heavy (non-hydrogen) atoms. The van der Waals surface area contributed by atoms with Gasteiger partial charge in [-0.1, -0.05) is 6.42 Å². The molecule has 0 bridgehead atoms. The first-order chi connectivity index (χ1) is 15.5. The van der Waals surface area contributed by atoms with Crippen LogP contribution in [0.15, 0.2) is 12.3 Å². The van der Waals surface area contributed by atoms with Crippen LogP contribution in [-0.2, 0) is 4.79 Å². The molecule has 0 radical (unpaired) electrons. The molecular weight excluding hydrogens is 400 g/mol. The van der Waals surface area contributed by atoms with Gasteiger partial charge in [-0.25, -0.2) is 9.50 Å². The number of amides is 1. The Morgan fingerprint density at radius 3 is 2.84 bits per heavy atom. The summed E-state index contributed by atoms with van der Waals surface area (Å²) in [6.07, 6.45) is 15.7. The van der Waals surface area contributed by atoms with Crippen molar-refractivity contribution in [3.05, 3.63) is 23.5 Å². The number of nitrogens with two attached hydrogens (primary N) is 1. The summed E-state index contributed by atoms with van der Waals surface area (Å²) in [7, 11) is 0. The van der Waals surface area contributed by atoms with Gasteiger partial charge in [0.15, 0.2) is 5.65 Å². The van der Waals surface area contributed by atoms with Crippen molar-refractivity contribution in [2.45, 2.75) is 70.4 Å². The van der Waals surface area contributed by atoms with E-state index in [1.807, 2.05) is 4.52 Å². The number of aromatic nitrogens is 3. The summed E-state index contributed by atoms with van der Waals surface area (Å²) < 4.78 is 1.87. The lowest BCUT2D eigenvalue weighted by atomic mass is 9.80. The Labute approximate surface area is 190 Å². The number of carbonyl (C=O) groups excluding carboxylic acids is 1. The Bertz CT molecular complexity index is 1040. The fourth-order valence-corrected chi connectivity index (χ4v) is 5.78. The quantitative estimate of drug-likeness (QED) is 0.751. The number of fused-ring (bicyclic) bond motifs is 1. The van der Waals surface area contributed by atoms with Crippen LogP contribution in [0.4, 0.5) is 5.82 Å². The molecule has 4 atom stereocenters. The highest BCUT2D eigenvalue weighted by atomic mass is 16.2. The van der Waals surface area contributed by atoms with Gasteiger partial charge in [0.25, 0.3) is 0 Å². The zero-order chi connectivity index (χ0) is 22.2. The van der Waals surface area contributed by atoms with E-state index >= 15 is 0 Å². The molecule has 3 fully saturated rings. The first-order valence-corrected chi connectivity index (χ1v) is 12.2. The lowest BCUT2D eigenvalue weighted by Crippen LogP contribution is -2.43. The number of hydrogen-bond acceptors (Lipinski definition) is 5. The molecule has 2 aliphatic heterocycles. The minimum Gasteiger partial charge on any atom is -0.355 e. The van der Waals surface area contributed by atoms with E-state index < -0.39 is 0 Å². The predicted octanol–water partition coefficient (Wildman–Crippen LogP) is 3.07. The van der Waals surface area contributed by atoms with Crippen LogP contribution in [0.5, 0.6) is 0 Å². The Hall–Kier alpha value is -2.59. The molecular formula is C25H34N6O. The number of rotatable bonds is 3. The van der Waals surface area contributed by atoms with Crippen LogP contribution in [0.25, 0.3) is 5.65 Å². The standard InChI is InChI=1S/C25H34N6O/c1-3-18-7-6-8-19(13-18)25(32)30-11-5-4-9-22(30)21-14-23-27-24(17(2)15-31(23)28-21)29-12-10-20(26)16-29/h1,14-15,18-20,22H,4-13,16,26H2,2H3/t18?,19?,20-,22-/m0/s1. The summed E-state index contributed by atoms with van der Waals surface area (Å²) in [6.45, 7) is 4.67. The number of hydrogen-bond donors (Lipinski definition) is 1. The van der Waals surface area contributed by atoms with Crippen molar-refractivity contribution < 1.29 is 4.79 Å². The molecule has 170 valence electrons. The molecule has 0 spiro atoms. The van der Waals surface area contributed by atoms with Gasteiger partial charge in [0.05, 0.1) is 11.7 Å². The summed E-state index contributed by atoms with van der Waals surface area (Å²) >= 11 is 0. The molecule has 2 saturated heterocycles. The molecule has 3 aliphatic rings. The van der Waals surface area contributed by atoms with Crippen molar-refractivity contribution in [1.82, 2.24) is 19.5 Å². The van der Waals surface area contributed by atoms with Crippen LogP contribution in [0.3, 0.4) is 0 Å². The van der Waals surface area contributed by atoms with Gasteiger partial charge in [0, 0.05) is 55.3 Å². The number of likely N-dealkylation sites (tertiary alicyclic amines) is 1. The zero-order valence-corrected chi connectivity index (χ0v) is 19.0. The second-order valence-corrected chi connectivity index (χ2v) is 9.88. The fraction of sp³-hybridized carbons (Fsp3) is 0.640. The van der Waals surface area contributed by atoms with Gasteiger partial charge in [0.1, 0.15) is 5.82 Å². The third kappa shape index (κ3) is 3.97. The summed E-state index contributed by atoms with van der Waals surface area (Å²) in [6, 6.07) is 2.30. The highest BCUT2D eigenvalue weighted by Crippen LogP contribution is 2.36. The van der Waals surface area contributed by atoms with Gasteiger partial charge in [-0.3, -0.25) is 4.79 Å². The van der Waals surface area contributed by atoms with E-state index in [2.05, 4.69) is 34.9 Å². The van der Waals surface area contributed by atoms with Crippen molar-refractivity contribution in [2.24, 2.45) is 17.6 Å². The molecule has 2 unspecified atom stereocenters.